The van der Waals surface area contributed by atoms with Crippen LogP contribution in [-0.4, -0.2) is 110 Å². The minimum Gasteiger partial charge on any atom is -0.458 e. The molecule has 0 aromatic heterocycles. The quantitative estimate of drug-likeness (QED) is 0.0233. The van der Waals surface area contributed by atoms with Crippen LogP contribution in [0.2, 0.25) is 18.1 Å². The molecule has 2 aliphatic heterocycles. The molecule has 2 aliphatic rings. The average molecular weight is 1040 g/mol. The topological polar surface area (TPSA) is 196 Å². The standard InChI is InChI=1S/C50H77F3O15SSi/c1-18-31(2)28-32(3)24-25-38(55)63-41-40(67-70(16,17)46(13,14)15)47(27-26-33(4)39(62-35(6)54)34(5)29-36-22-20-19-21-23-36)64-37(30-61-69(59,60)50(51,52)53)48(58,42(56)65-44(7,8)9)49(41,68-47)43(57)66-45(10,11)12/h19-25,31-32,34,37,39-41,58H,4,18,26-30H2,1-3,5-17H3/b25-24+/t31-,32+,34+,37+,39+,40+,41+,47-,48+,49-/m0/s1. The third kappa shape index (κ3) is 14.3. The van der Waals surface area contributed by atoms with E-state index >= 15 is 4.79 Å². The molecule has 10 atom stereocenters. The minimum atomic E-state index is -6.50. The number of esters is 4. The lowest BCUT2D eigenvalue weighted by atomic mass is 9.74. The highest BCUT2D eigenvalue weighted by Crippen LogP contribution is 2.59. The zero-order valence-electron chi connectivity index (χ0n) is 43.7. The van der Waals surface area contributed by atoms with Gasteiger partial charge in [-0.05, 0) is 102 Å². The first-order valence-electron chi connectivity index (χ1n) is 23.7. The molecular weight excluding hydrogens is 958 g/mol. The first-order chi connectivity index (χ1) is 31.7. The van der Waals surface area contributed by atoms with Gasteiger partial charge in [-0.3, -0.25) is 8.98 Å². The van der Waals surface area contributed by atoms with Crippen LogP contribution >= 0.6 is 0 Å². The van der Waals surface area contributed by atoms with Gasteiger partial charge in [-0.25, -0.2) is 14.4 Å². The second-order valence-corrected chi connectivity index (χ2v) is 28.7. The fourth-order valence-corrected chi connectivity index (χ4v) is 9.87. The van der Waals surface area contributed by atoms with Crippen LogP contribution in [0.25, 0.3) is 0 Å². The van der Waals surface area contributed by atoms with Crippen LogP contribution in [-0.2, 0) is 72.7 Å². The molecule has 15 nitrogen and oxygen atoms in total. The Bertz CT molecular complexity index is 2160. The number of allylic oxidation sites excluding steroid dienone is 1. The summed E-state index contributed by atoms with van der Waals surface area (Å²) in [5.74, 6) is -8.00. The lowest BCUT2D eigenvalue weighted by Crippen LogP contribution is -2.78. The van der Waals surface area contributed by atoms with Crippen LogP contribution in [0, 0.1) is 17.8 Å². The van der Waals surface area contributed by atoms with Crippen LogP contribution in [0.4, 0.5) is 13.2 Å². The van der Waals surface area contributed by atoms with E-state index in [2.05, 4.69) is 10.8 Å². The van der Waals surface area contributed by atoms with Crippen molar-refractivity contribution in [1.82, 2.24) is 0 Å². The normalized spacial score (nSPS) is 26.2. The van der Waals surface area contributed by atoms with Gasteiger partial charge in [0.1, 0.15) is 29.5 Å². The maximum atomic E-state index is 15.4. The number of fused-ring (bicyclic) bond motifs is 2. The first kappa shape index (κ1) is 60.6. The summed E-state index contributed by atoms with van der Waals surface area (Å²) in [5, 5.41) is 12.7. The Morgan fingerprint density at radius 3 is 1.97 bits per heavy atom. The Morgan fingerprint density at radius 2 is 1.47 bits per heavy atom. The molecule has 3 rings (SSSR count). The van der Waals surface area contributed by atoms with E-state index in [0.717, 1.165) is 18.1 Å². The van der Waals surface area contributed by atoms with Gasteiger partial charge in [0.2, 0.25) is 11.2 Å². The van der Waals surface area contributed by atoms with E-state index in [4.69, 9.17) is 32.8 Å². The van der Waals surface area contributed by atoms with Crippen LogP contribution in [0.1, 0.15) is 128 Å². The molecule has 0 unspecified atom stereocenters. The molecule has 70 heavy (non-hydrogen) atoms. The van der Waals surface area contributed by atoms with Crippen molar-refractivity contribution in [2.45, 2.75) is 205 Å². The van der Waals surface area contributed by atoms with Crippen molar-refractivity contribution in [3.63, 3.8) is 0 Å². The predicted octanol–water partition coefficient (Wildman–Crippen LogP) is 9.21. The molecule has 0 saturated carbocycles. The van der Waals surface area contributed by atoms with Gasteiger partial charge >= 0.3 is 39.5 Å². The van der Waals surface area contributed by atoms with E-state index in [0.29, 0.717) is 12.8 Å². The summed E-state index contributed by atoms with van der Waals surface area (Å²) in [6.45, 7) is 29.1. The average Bonchev–Trinajstić information content (AvgIpc) is 3.43. The highest BCUT2D eigenvalue weighted by molar-refractivity contribution is 7.87. The van der Waals surface area contributed by atoms with Crippen molar-refractivity contribution in [2.24, 2.45) is 17.8 Å². The number of alkyl halides is 3. The largest absolute Gasteiger partial charge is 0.523 e. The Labute approximate surface area is 413 Å². The van der Waals surface area contributed by atoms with Crippen molar-refractivity contribution < 1.29 is 82.9 Å². The summed E-state index contributed by atoms with van der Waals surface area (Å²) in [4.78, 5) is 57.4. The highest BCUT2D eigenvalue weighted by atomic mass is 32.2. The molecule has 0 aliphatic carbocycles. The zero-order valence-corrected chi connectivity index (χ0v) is 45.6. The monoisotopic (exact) mass is 1030 g/mol. The molecule has 398 valence electrons. The van der Waals surface area contributed by atoms with Gasteiger partial charge < -0.3 is 38.0 Å². The first-order valence-corrected chi connectivity index (χ1v) is 28.0. The maximum Gasteiger partial charge on any atom is 0.523 e. The molecular formula is C50H77F3O15SSi. The fourth-order valence-electron chi connectivity index (χ4n) is 8.14. The van der Waals surface area contributed by atoms with Gasteiger partial charge in [-0.2, -0.15) is 21.6 Å². The molecule has 2 heterocycles. The molecule has 20 heteroatoms. The molecule has 2 fully saturated rings. The molecule has 0 radical (unpaired) electrons. The molecule has 1 aromatic carbocycles. The summed E-state index contributed by atoms with van der Waals surface area (Å²) in [7, 11) is -9.80. The van der Waals surface area contributed by atoms with Gasteiger partial charge in [0.25, 0.3) is 0 Å². The number of ether oxygens (including phenoxy) is 6. The van der Waals surface area contributed by atoms with Crippen LogP contribution in [0.3, 0.4) is 0 Å². The predicted molar refractivity (Wildman–Crippen MR) is 257 cm³/mol. The van der Waals surface area contributed by atoms with Crippen molar-refractivity contribution in [3.8, 4) is 0 Å². The Balaban J connectivity index is 2.54. The Kier molecular flexibility index (Phi) is 19.2. The third-order valence-electron chi connectivity index (χ3n) is 12.8. The fraction of sp³-hybridized carbons (Fsp3) is 0.720. The Morgan fingerprint density at radius 1 is 0.914 bits per heavy atom. The minimum absolute atomic E-state index is 0.174. The summed E-state index contributed by atoms with van der Waals surface area (Å²) in [6.07, 6.45) is -3.90. The number of rotatable bonds is 21. The molecule has 1 N–H and O–H groups in total. The molecule has 2 bridgehead atoms. The summed E-state index contributed by atoms with van der Waals surface area (Å²) in [5.41, 5.74) is -15.0. The number of aliphatic hydroxyl groups is 1. The lowest BCUT2D eigenvalue weighted by Gasteiger charge is -2.52. The van der Waals surface area contributed by atoms with E-state index in [1.54, 1.807) is 19.2 Å². The summed E-state index contributed by atoms with van der Waals surface area (Å²) >= 11 is 0. The van der Waals surface area contributed by atoms with Gasteiger partial charge in [-0.1, -0.05) is 97.9 Å². The second kappa shape index (κ2) is 22.2. The van der Waals surface area contributed by atoms with E-state index in [-0.39, 0.29) is 23.8 Å². The Hall–Kier alpha value is -3.66. The van der Waals surface area contributed by atoms with Crippen molar-refractivity contribution >= 4 is 42.3 Å². The maximum absolute atomic E-state index is 15.4. The highest BCUT2D eigenvalue weighted by Gasteiger charge is 2.86. The van der Waals surface area contributed by atoms with Crippen molar-refractivity contribution in [3.05, 3.63) is 60.2 Å². The van der Waals surface area contributed by atoms with Crippen LogP contribution in [0.5, 0.6) is 0 Å². The van der Waals surface area contributed by atoms with Crippen LogP contribution < -0.4 is 0 Å². The van der Waals surface area contributed by atoms with E-state index in [1.165, 1.54) is 48.5 Å². The van der Waals surface area contributed by atoms with Gasteiger partial charge in [0, 0.05) is 25.3 Å². The molecule has 1 aromatic rings. The number of carbonyl (C=O) groups excluding carboxylic acids is 4. The van der Waals surface area contributed by atoms with E-state index in [9.17, 15) is 41.1 Å². The van der Waals surface area contributed by atoms with Gasteiger partial charge in [0.15, 0.2) is 20.2 Å². The van der Waals surface area contributed by atoms with E-state index in [1.807, 2.05) is 78.8 Å². The van der Waals surface area contributed by atoms with Gasteiger partial charge in [0.05, 0.1) is 6.61 Å². The molecule has 0 spiro atoms. The van der Waals surface area contributed by atoms with Crippen molar-refractivity contribution in [1.29, 1.82) is 0 Å². The number of carbonyl (C=O) groups is 4. The van der Waals surface area contributed by atoms with Crippen LogP contribution in [0.15, 0.2) is 54.6 Å². The van der Waals surface area contributed by atoms with Gasteiger partial charge in [-0.15, -0.1) is 0 Å². The third-order valence-corrected chi connectivity index (χ3v) is 18.3. The van der Waals surface area contributed by atoms with Crippen molar-refractivity contribution in [2.75, 3.05) is 6.61 Å². The number of benzene rings is 1. The second-order valence-electron chi connectivity index (χ2n) is 22.3. The zero-order chi connectivity index (χ0) is 53.9. The number of hydrogen-bond acceptors (Lipinski definition) is 15. The SMILES string of the molecule is C=C(CC[C@]12O[C@H](COS(=O)(=O)C(F)(F)F)[C@@](O)(C(=O)OC(C)(C)C)[C@](C(=O)OC(C)(C)C)(O1)[C@H](OC(=O)/C=C/[C@@H](C)C[C@@H](C)CC)[C@H]2O[Si](C)(C)C(C)(C)C)[C@@H](OC(C)=O)[C@H](C)Cc1ccccc1. The molecule has 2 saturated heterocycles. The summed E-state index contributed by atoms with van der Waals surface area (Å²) in [6, 6.07) is 9.32. The number of halogens is 3. The molecule has 0 amide bonds. The summed E-state index contributed by atoms with van der Waals surface area (Å²) < 4.78 is 116. The number of hydrogen-bond donors (Lipinski definition) is 1. The lowest BCUT2D eigenvalue weighted by molar-refractivity contribution is -0.384. The van der Waals surface area contributed by atoms with E-state index < -0.39 is 124 Å². The smallest absolute Gasteiger partial charge is 0.458 e.